The molecule has 0 aliphatic rings. The van der Waals surface area contributed by atoms with Gasteiger partial charge in [-0.25, -0.2) is 52.7 Å². The molecule has 5 aromatic carbocycles. The van der Waals surface area contributed by atoms with E-state index in [1.54, 1.807) is 0 Å². The fourth-order valence-electron chi connectivity index (χ4n) is 4.72. The van der Waals surface area contributed by atoms with E-state index < -0.39 is 125 Å². The predicted octanol–water partition coefficient (Wildman–Crippen LogP) is 10.0. The maximum atomic E-state index is 15.3. The summed E-state index contributed by atoms with van der Waals surface area (Å²) in [5.74, 6) is -30.4. The summed E-state index contributed by atoms with van der Waals surface area (Å²) in [4.78, 5) is 0. The van der Waals surface area contributed by atoms with Gasteiger partial charge in [0.25, 0.3) is 0 Å². The minimum absolute atomic E-state index is 0.169. The van der Waals surface area contributed by atoms with Gasteiger partial charge in [0.1, 0.15) is 23.0 Å². The highest BCUT2D eigenvalue weighted by molar-refractivity contribution is 6.22. The molecule has 0 amide bonds. The number of hydrogen-bond donors (Lipinski definition) is 0. The van der Waals surface area contributed by atoms with Crippen LogP contribution >= 0.6 is 0 Å². The number of fused-ring (bicyclic) bond motifs is 2. The van der Waals surface area contributed by atoms with Crippen molar-refractivity contribution in [3.8, 4) is 22.3 Å². The molecule has 42 heavy (non-hydrogen) atoms. The third-order valence-electron chi connectivity index (χ3n) is 6.39. The summed E-state index contributed by atoms with van der Waals surface area (Å²) in [6.45, 7) is 0. The molecule has 0 spiro atoms. The molecule has 0 unspecified atom stereocenters. The van der Waals surface area contributed by atoms with Gasteiger partial charge in [-0.2, -0.15) is 13.2 Å². The second kappa shape index (κ2) is 9.56. The summed E-state index contributed by atoms with van der Waals surface area (Å²) in [7, 11) is 0. The standard InChI is InChI=1S/C27H5F15/c28-7-3-1-2-6-10(7)14(16-18(31)22(35)17(27(40,41)42)23(36)19(16)32)13-9(30)5-4-8(29)12(13)11(6)15-20(33)24(37)26(39)25(38)21(15)34/h1-5H. The predicted molar refractivity (Wildman–Crippen MR) is 117 cm³/mol. The minimum Gasteiger partial charge on any atom is -0.206 e. The SMILES string of the molecule is Fc1c(F)c(F)c(-c2c3cccc(F)c3c(-c3c(F)c(F)c(C(F)(F)F)c(F)c3F)c3c(F)ccc(F)c23)c(F)c1F. The van der Waals surface area contributed by atoms with E-state index in [-0.39, 0.29) is 12.1 Å². The van der Waals surface area contributed by atoms with Gasteiger partial charge in [-0.05, 0) is 23.6 Å². The van der Waals surface area contributed by atoms with Crippen LogP contribution in [0, 0.1) is 69.8 Å². The third-order valence-corrected chi connectivity index (χ3v) is 6.39. The number of hydrogen-bond acceptors (Lipinski definition) is 0. The van der Waals surface area contributed by atoms with Gasteiger partial charge in [0, 0.05) is 27.3 Å². The first kappa shape index (κ1) is 29.1. The molecule has 5 aromatic rings. The quantitative estimate of drug-likeness (QED) is 0.0804. The Balaban J connectivity index is 2.16. The van der Waals surface area contributed by atoms with Gasteiger partial charge in [-0.15, -0.1) is 0 Å². The first-order valence-electron chi connectivity index (χ1n) is 11.0. The Kier molecular flexibility index (Phi) is 6.62. The molecule has 15 heteroatoms. The second-order valence-electron chi connectivity index (χ2n) is 8.64. The molecule has 0 saturated carbocycles. The zero-order valence-electron chi connectivity index (χ0n) is 19.6. The summed E-state index contributed by atoms with van der Waals surface area (Å²) in [5, 5.41) is -5.76. The summed E-state index contributed by atoms with van der Waals surface area (Å²) in [6.07, 6.45) is -6.03. The highest BCUT2D eigenvalue weighted by Gasteiger charge is 2.43. The van der Waals surface area contributed by atoms with Crippen molar-refractivity contribution in [3.63, 3.8) is 0 Å². The van der Waals surface area contributed by atoms with Crippen molar-refractivity contribution in [1.29, 1.82) is 0 Å². The van der Waals surface area contributed by atoms with Crippen molar-refractivity contribution in [2.75, 3.05) is 0 Å². The Morgan fingerprint density at radius 3 is 1.21 bits per heavy atom. The van der Waals surface area contributed by atoms with Crippen molar-refractivity contribution in [1.82, 2.24) is 0 Å². The molecular weight excluding hydrogens is 609 g/mol. The molecule has 0 bridgehead atoms. The zero-order chi connectivity index (χ0) is 31.2. The number of rotatable bonds is 2. The molecule has 0 aliphatic heterocycles. The highest BCUT2D eigenvalue weighted by Crippen LogP contribution is 2.50. The lowest BCUT2D eigenvalue weighted by Crippen LogP contribution is -2.16. The smallest absolute Gasteiger partial charge is 0.206 e. The van der Waals surface area contributed by atoms with E-state index in [4.69, 9.17) is 0 Å². The van der Waals surface area contributed by atoms with Crippen LogP contribution in [-0.2, 0) is 6.18 Å². The van der Waals surface area contributed by atoms with E-state index in [0.717, 1.165) is 0 Å². The number of benzene rings is 5. The molecule has 0 aliphatic carbocycles. The maximum absolute atomic E-state index is 15.3. The van der Waals surface area contributed by atoms with E-state index in [1.807, 2.05) is 0 Å². The van der Waals surface area contributed by atoms with Crippen LogP contribution < -0.4 is 0 Å². The summed E-state index contributed by atoms with van der Waals surface area (Å²) in [5.41, 5.74) is -10.4. The highest BCUT2D eigenvalue weighted by atomic mass is 19.4. The van der Waals surface area contributed by atoms with Crippen LogP contribution in [0.4, 0.5) is 65.9 Å². The topological polar surface area (TPSA) is 0 Å². The Morgan fingerprint density at radius 2 is 0.738 bits per heavy atom. The van der Waals surface area contributed by atoms with Crippen LogP contribution in [0.1, 0.15) is 5.56 Å². The second-order valence-corrected chi connectivity index (χ2v) is 8.64. The average molecular weight is 614 g/mol. The molecule has 0 aromatic heterocycles. The van der Waals surface area contributed by atoms with Crippen molar-refractivity contribution in [2.45, 2.75) is 6.18 Å². The Morgan fingerprint density at radius 1 is 0.357 bits per heavy atom. The van der Waals surface area contributed by atoms with Crippen LogP contribution in [0.3, 0.4) is 0 Å². The minimum atomic E-state index is -6.03. The monoisotopic (exact) mass is 614 g/mol. The van der Waals surface area contributed by atoms with Gasteiger partial charge in [-0.3, -0.25) is 0 Å². The van der Waals surface area contributed by atoms with Crippen LogP contribution in [-0.4, -0.2) is 0 Å². The first-order chi connectivity index (χ1) is 19.5. The molecule has 0 nitrogen and oxygen atoms in total. The maximum Gasteiger partial charge on any atom is 0.422 e. The van der Waals surface area contributed by atoms with Gasteiger partial charge in [0.15, 0.2) is 46.5 Å². The normalized spacial score (nSPS) is 12.2. The molecule has 0 fully saturated rings. The molecule has 218 valence electrons. The van der Waals surface area contributed by atoms with Gasteiger partial charge < -0.3 is 0 Å². The van der Waals surface area contributed by atoms with Crippen molar-refractivity contribution in [2.24, 2.45) is 0 Å². The van der Waals surface area contributed by atoms with E-state index in [9.17, 15) is 43.9 Å². The van der Waals surface area contributed by atoms with E-state index in [2.05, 4.69) is 0 Å². The van der Waals surface area contributed by atoms with Gasteiger partial charge in [0.2, 0.25) is 5.82 Å². The van der Waals surface area contributed by atoms with E-state index in [1.165, 1.54) is 0 Å². The summed E-state index contributed by atoms with van der Waals surface area (Å²) in [6, 6.07) is 2.06. The molecule has 0 atom stereocenters. The summed E-state index contributed by atoms with van der Waals surface area (Å²) >= 11 is 0. The van der Waals surface area contributed by atoms with Crippen molar-refractivity contribution < 1.29 is 65.9 Å². The van der Waals surface area contributed by atoms with Gasteiger partial charge in [-0.1, -0.05) is 12.1 Å². The van der Waals surface area contributed by atoms with Gasteiger partial charge in [0.05, 0.1) is 11.1 Å². The fraction of sp³-hybridized carbons (Fsp3) is 0.0370. The van der Waals surface area contributed by atoms with Crippen LogP contribution in [0.5, 0.6) is 0 Å². The lowest BCUT2D eigenvalue weighted by atomic mass is 9.84. The lowest BCUT2D eigenvalue weighted by molar-refractivity contribution is -0.143. The molecule has 0 radical (unpaired) electrons. The van der Waals surface area contributed by atoms with E-state index in [0.29, 0.717) is 18.2 Å². The largest absolute Gasteiger partial charge is 0.422 e. The number of halogens is 15. The molecule has 0 saturated heterocycles. The van der Waals surface area contributed by atoms with Crippen molar-refractivity contribution in [3.05, 3.63) is 106 Å². The Hall–Kier alpha value is -4.43. The fourth-order valence-corrected chi connectivity index (χ4v) is 4.72. The Bertz CT molecular complexity index is 1930. The summed E-state index contributed by atoms with van der Waals surface area (Å²) < 4.78 is 217. The lowest BCUT2D eigenvalue weighted by Gasteiger charge is -2.21. The average Bonchev–Trinajstić information content (AvgIpc) is 2.92. The Labute approximate surface area is 222 Å². The molecule has 0 N–H and O–H groups in total. The molecule has 5 rings (SSSR count). The van der Waals surface area contributed by atoms with Gasteiger partial charge >= 0.3 is 6.18 Å². The zero-order valence-corrected chi connectivity index (χ0v) is 19.6. The van der Waals surface area contributed by atoms with Crippen LogP contribution in [0.2, 0.25) is 0 Å². The molecular formula is C27H5F15. The van der Waals surface area contributed by atoms with E-state index >= 15 is 22.0 Å². The number of alkyl halides is 3. The first-order valence-corrected chi connectivity index (χ1v) is 11.0. The van der Waals surface area contributed by atoms with Crippen molar-refractivity contribution >= 4 is 21.5 Å². The van der Waals surface area contributed by atoms with Crippen LogP contribution in [0.25, 0.3) is 43.8 Å². The third kappa shape index (κ3) is 3.89. The van der Waals surface area contributed by atoms with Crippen LogP contribution in [0.15, 0.2) is 30.3 Å². The molecule has 0 heterocycles.